The molecule has 0 unspecified atom stereocenters. The number of hydrogen-bond acceptors (Lipinski definition) is 5. The molecule has 0 saturated carbocycles. The van der Waals surface area contributed by atoms with Gasteiger partial charge in [0.1, 0.15) is 11.8 Å². The molecule has 1 atom stereocenters. The van der Waals surface area contributed by atoms with Gasteiger partial charge in [-0.15, -0.1) is 0 Å². The van der Waals surface area contributed by atoms with Gasteiger partial charge in [-0.3, -0.25) is 9.59 Å². The molecule has 0 aliphatic rings. The lowest BCUT2D eigenvalue weighted by Crippen LogP contribution is -2.47. The molecule has 152 valence electrons. The van der Waals surface area contributed by atoms with Crippen LogP contribution in [0.1, 0.15) is 26.3 Å². The van der Waals surface area contributed by atoms with Crippen molar-refractivity contribution in [2.45, 2.75) is 33.2 Å². The van der Waals surface area contributed by atoms with Crippen LogP contribution in [0.25, 0.3) is 10.2 Å². The van der Waals surface area contributed by atoms with Crippen molar-refractivity contribution in [2.24, 2.45) is 5.92 Å². The summed E-state index contributed by atoms with van der Waals surface area (Å²) in [7, 11) is 0. The lowest BCUT2D eigenvalue weighted by atomic mass is 10.0. The van der Waals surface area contributed by atoms with Crippen molar-refractivity contribution in [1.82, 2.24) is 10.3 Å². The summed E-state index contributed by atoms with van der Waals surface area (Å²) in [5, 5.41) is 6.20. The molecular formula is C22H25N3O3S. The Morgan fingerprint density at radius 2 is 1.90 bits per heavy atom. The zero-order chi connectivity index (χ0) is 20.8. The topological polar surface area (TPSA) is 80.3 Å². The maximum Gasteiger partial charge on any atom is 0.248 e. The minimum Gasteiger partial charge on any atom is -0.494 e. The number of hydrogen-bond donors (Lipinski definition) is 2. The van der Waals surface area contributed by atoms with Crippen molar-refractivity contribution in [3.63, 3.8) is 0 Å². The molecule has 3 rings (SSSR count). The number of anilines is 1. The van der Waals surface area contributed by atoms with Gasteiger partial charge >= 0.3 is 0 Å². The van der Waals surface area contributed by atoms with Crippen LogP contribution in [-0.2, 0) is 16.0 Å². The highest BCUT2D eigenvalue weighted by Gasteiger charge is 2.25. The standard InChI is InChI=1S/C22H25N3O3S/c1-4-28-16-10-11-17-18(13-16)29-22(23-17)25-21(27)20(14(2)3)24-19(26)12-15-8-6-5-7-9-15/h5-11,13-14,20H,4,12H2,1-3H3,(H,24,26)(H,23,25,27)/t20-/m0/s1. The number of carbonyl (C=O) groups is 2. The number of nitrogens with zero attached hydrogens (tertiary/aromatic N) is 1. The fourth-order valence-electron chi connectivity index (χ4n) is 2.94. The second kappa shape index (κ2) is 9.52. The fourth-order valence-corrected chi connectivity index (χ4v) is 3.84. The summed E-state index contributed by atoms with van der Waals surface area (Å²) in [6, 6.07) is 14.5. The van der Waals surface area contributed by atoms with E-state index in [1.54, 1.807) is 0 Å². The SMILES string of the molecule is CCOc1ccc2nc(NC(=O)[C@@H](NC(=O)Cc3ccccc3)C(C)C)sc2c1. The van der Waals surface area contributed by atoms with Crippen molar-refractivity contribution in [1.29, 1.82) is 0 Å². The van der Waals surface area contributed by atoms with E-state index in [-0.39, 0.29) is 24.2 Å². The first kappa shape index (κ1) is 20.8. The van der Waals surface area contributed by atoms with Crippen LogP contribution in [0.15, 0.2) is 48.5 Å². The van der Waals surface area contributed by atoms with E-state index in [0.29, 0.717) is 11.7 Å². The van der Waals surface area contributed by atoms with Crippen molar-refractivity contribution >= 4 is 38.5 Å². The Bertz CT molecular complexity index is 985. The maximum atomic E-state index is 12.8. The van der Waals surface area contributed by atoms with Gasteiger partial charge in [0.2, 0.25) is 11.8 Å². The molecule has 0 fully saturated rings. The van der Waals surface area contributed by atoms with Gasteiger partial charge in [0, 0.05) is 0 Å². The molecule has 3 aromatic rings. The molecule has 1 aromatic heterocycles. The molecule has 0 aliphatic carbocycles. The van der Waals surface area contributed by atoms with Crippen molar-refractivity contribution in [2.75, 3.05) is 11.9 Å². The lowest BCUT2D eigenvalue weighted by Gasteiger charge is -2.21. The van der Waals surface area contributed by atoms with Crippen LogP contribution in [0.2, 0.25) is 0 Å². The first-order valence-electron chi connectivity index (χ1n) is 9.63. The first-order valence-corrected chi connectivity index (χ1v) is 10.5. The molecule has 1 heterocycles. The second-order valence-electron chi connectivity index (χ2n) is 7.02. The predicted octanol–water partition coefficient (Wildman–Crippen LogP) is 4.02. The molecule has 0 saturated heterocycles. The number of ether oxygens (including phenoxy) is 1. The molecule has 0 spiro atoms. The predicted molar refractivity (Wildman–Crippen MR) is 116 cm³/mol. The molecule has 7 heteroatoms. The highest BCUT2D eigenvalue weighted by Crippen LogP contribution is 2.29. The third-order valence-corrected chi connectivity index (χ3v) is 5.31. The maximum absolute atomic E-state index is 12.8. The Morgan fingerprint density at radius 1 is 1.14 bits per heavy atom. The lowest BCUT2D eigenvalue weighted by molar-refractivity contribution is -0.127. The van der Waals surface area contributed by atoms with Crippen LogP contribution in [0.5, 0.6) is 5.75 Å². The number of aromatic nitrogens is 1. The van der Waals surface area contributed by atoms with Gasteiger partial charge in [-0.2, -0.15) is 0 Å². The second-order valence-corrected chi connectivity index (χ2v) is 8.05. The minimum atomic E-state index is -0.641. The number of thiazole rings is 1. The molecule has 2 N–H and O–H groups in total. The van der Waals surface area contributed by atoms with Gasteiger partial charge in [-0.25, -0.2) is 4.98 Å². The molecule has 0 bridgehead atoms. The van der Waals surface area contributed by atoms with Gasteiger partial charge in [0.05, 0.1) is 23.2 Å². The Labute approximate surface area is 174 Å². The van der Waals surface area contributed by atoms with Crippen LogP contribution in [0.3, 0.4) is 0 Å². The van der Waals surface area contributed by atoms with E-state index in [1.807, 2.05) is 69.3 Å². The van der Waals surface area contributed by atoms with Gasteiger partial charge < -0.3 is 15.4 Å². The van der Waals surface area contributed by atoms with Crippen LogP contribution in [0, 0.1) is 5.92 Å². The zero-order valence-corrected chi connectivity index (χ0v) is 17.6. The van der Waals surface area contributed by atoms with E-state index in [4.69, 9.17) is 4.74 Å². The monoisotopic (exact) mass is 411 g/mol. The Kier molecular flexibility index (Phi) is 6.82. The van der Waals surface area contributed by atoms with Gasteiger partial charge in [-0.05, 0) is 36.6 Å². The molecule has 29 heavy (non-hydrogen) atoms. The number of rotatable bonds is 8. The number of benzene rings is 2. The fraction of sp³-hybridized carbons (Fsp3) is 0.318. The quantitative estimate of drug-likeness (QED) is 0.587. The Morgan fingerprint density at radius 3 is 2.59 bits per heavy atom. The van der Waals surface area contributed by atoms with Crippen LogP contribution >= 0.6 is 11.3 Å². The van der Waals surface area contributed by atoms with E-state index in [2.05, 4.69) is 15.6 Å². The summed E-state index contributed by atoms with van der Waals surface area (Å²) >= 11 is 1.38. The normalized spacial score (nSPS) is 12.0. The number of amides is 2. The number of fused-ring (bicyclic) bond motifs is 1. The van der Waals surface area contributed by atoms with Gasteiger partial charge in [0.15, 0.2) is 5.13 Å². The molecule has 2 amide bonds. The van der Waals surface area contributed by atoms with Crippen molar-refractivity contribution < 1.29 is 14.3 Å². The van der Waals surface area contributed by atoms with Gasteiger partial charge in [0.25, 0.3) is 0 Å². The third kappa shape index (κ3) is 5.54. The largest absolute Gasteiger partial charge is 0.494 e. The van der Waals surface area contributed by atoms with E-state index >= 15 is 0 Å². The summed E-state index contributed by atoms with van der Waals surface area (Å²) in [6.07, 6.45) is 0.235. The van der Waals surface area contributed by atoms with Crippen LogP contribution in [-0.4, -0.2) is 29.4 Å². The first-order chi connectivity index (χ1) is 14.0. The highest BCUT2D eigenvalue weighted by atomic mass is 32.1. The summed E-state index contributed by atoms with van der Waals surface area (Å²) < 4.78 is 6.44. The summed E-state index contributed by atoms with van der Waals surface area (Å²) in [5.74, 6) is 0.254. The van der Waals surface area contributed by atoms with Crippen molar-refractivity contribution in [3.8, 4) is 5.75 Å². The molecule has 0 radical (unpaired) electrons. The average Bonchev–Trinajstić information content (AvgIpc) is 3.08. The molecule has 6 nitrogen and oxygen atoms in total. The number of nitrogens with one attached hydrogen (secondary N) is 2. The molecular weight excluding hydrogens is 386 g/mol. The van der Waals surface area contributed by atoms with Gasteiger partial charge in [-0.1, -0.05) is 55.5 Å². The zero-order valence-electron chi connectivity index (χ0n) is 16.8. The summed E-state index contributed by atoms with van der Waals surface area (Å²) in [6.45, 7) is 6.33. The van der Waals surface area contributed by atoms with E-state index in [9.17, 15) is 9.59 Å². The molecule has 0 aliphatic heterocycles. The average molecular weight is 412 g/mol. The van der Waals surface area contributed by atoms with E-state index in [1.165, 1.54) is 11.3 Å². The molecule has 2 aromatic carbocycles. The van der Waals surface area contributed by atoms with E-state index < -0.39 is 6.04 Å². The Balaban J connectivity index is 1.67. The summed E-state index contributed by atoms with van der Waals surface area (Å²) in [5.41, 5.74) is 1.70. The number of carbonyl (C=O) groups excluding carboxylic acids is 2. The van der Waals surface area contributed by atoms with Crippen LogP contribution in [0.4, 0.5) is 5.13 Å². The smallest absolute Gasteiger partial charge is 0.248 e. The minimum absolute atomic E-state index is 0.0614. The van der Waals surface area contributed by atoms with Crippen LogP contribution < -0.4 is 15.4 Å². The summed E-state index contributed by atoms with van der Waals surface area (Å²) in [4.78, 5) is 29.7. The highest BCUT2D eigenvalue weighted by molar-refractivity contribution is 7.22. The van der Waals surface area contributed by atoms with Crippen molar-refractivity contribution in [3.05, 3.63) is 54.1 Å². The van der Waals surface area contributed by atoms with E-state index in [0.717, 1.165) is 21.5 Å². The Hall–Kier alpha value is -2.93. The third-order valence-electron chi connectivity index (χ3n) is 4.37.